The van der Waals surface area contributed by atoms with Crippen LogP contribution in [0.5, 0.6) is 5.88 Å². The molecule has 1 aromatic heterocycles. The minimum atomic E-state index is 0.393. The zero-order valence-electron chi connectivity index (χ0n) is 6.16. The van der Waals surface area contributed by atoms with Crippen molar-refractivity contribution < 1.29 is 4.74 Å². The number of nitrogens with zero attached hydrogens (tertiary/aromatic N) is 1. The summed E-state index contributed by atoms with van der Waals surface area (Å²) in [4.78, 5) is 4.02. The molecule has 0 aliphatic heterocycles. The van der Waals surface area contributed by atoms with Gasteiger partial charge in [0.25, 0.3) is 0 Å². The van der Waals surface area contributed by atoms with Gasteiger partial charge in [-0.3, -0.25) is 0 Å². The molecule has 0 bridgehead atoms. The van der Waals surface area contributed by atoms with Crippen LogP contribution < -0.4 is 10.2 Å². The van der Waals surface area contributed by atoms with Gasteiger partial charge in [0.05, 0.1) is 0 Å². The molecule has 0 amide bonds. The minimum Gasteiger partial charge on any atom is -0.474 e. The van der Waals surface area contributed by atoms with Gasteiger partial charge >= 0.3 is 0 Å². The Bertz CT molecular complexity index is 260. The molecule has 2 radical (unpaired) electrons. The van der Waals surface area contributed by atoms with Crippen molar-refractivity contribution in [2.45, 2.75) is 18.9 Å². The van der Waals surface area contributed by atoms with E-state index < -0.39 is 0 Å². The lowest BCUT2D eigenvalue weighted by Gasteiger charge is -2.02. The lowest BCUT2D eigenvalue weighted by molar-refractivity contribution is 0.291. The van der Waals surface area contributed by atoms with E-state index in [9.17, 15) is 0 Å². The van der Waals surface area contributed by atoms with Gasteiger partial charge < -0.3 is 4.74 Å². The predicted molar refractivity (Wildman–Crippen MR) is 43.3 cm³/mol. The van der Waals surface area contributed by atoms with Crippen LogP contribution in [-0.4, -0.2) is 18.9 Å². The Morgan fingerprint density at radius 2 is 2.36 bits per heavy atom. The lowest BCUT2D eigenvalue weighted by Crippen LogP contribution is -2.05. The van der Waals surface area contributed by atoms with E-state index in [1.807, 2.05) is 0 Å². The van der Waals surface area contributed by atoms with E-state index in [-0.39, 0.29) is 0 Å². The van der Waals surface area contributed by atoms with Gasteiger partial charge in [0.2, 0.25) is 5.88 Å². The van der Waals surface area contributed by atoms with Gasteiger partial charge in [0, 0.05) is 6.20 Å². The van der Waals surface area contributed by atoms with Gasteiger partial charge in [0.1, 0.15) is 14.0 Å². The molecule has 2 nitrogen and oxygen atoms in total. The number of ether oxygens (including phenoxy) is 1. The first-order chi connectivity index (χ1) is 5.34. The zero-order valence-corrected chi connectivity index (χ0v) is 6.16. The Kier molecular flexibility index (Phi) is 1.57. The van der Waals surface area contributed by atoms with Crippen molar-refractivity contribution in [3.8, 4) is 5.88 Å². The van der Waals surface area contributed by atoms with Gasteiger partial charge in [-0.05, 0) is 18.9 Å². The summed E-state index contributed by atoms with van der Waals surface area (Å²) in [6.07, 6.45) is 4.35. The van der Waals surface area contributed by atoms with Crippen molar-refractivity contribution >= 4 is 13.3 Å². The van der Waals surface area contributed by atoms with Crippen LogP contribution in [0.3, 0.4) is 0 Å². The number of hydrogen-bond acceptors (Lipinski definition) is 2. The van der Waals surface area contributed by atoms with Crippen molar-refractivity contribution in [2.75, 3.05) is 0 Å². The number of hydrogen-bond donors (Lipinski definition) is 0. The first-order valence-electron chi connectivity index (χ1n) is 3.73. The number of aromatic nitrogens is 1. The van der Waals surface area contributed by atoms with Gasteiger partial charge in [-0.2, -0.15) is 0 Å². The summed E-state index contributed by atoms with van der Waals surface area (Å²) in [5, 5.41) is 0. The molecule has 1 aliphatic carbocycles. The summed E-state index contributed by atoms with van der Waals surface area (Å²) in [5.74, 6) is 0.646. The second-order valence-corrected chi connectivity index (χ2v) is 2.74. The molecule has 0 atom stereocenters. The van der Waals surface area contributed by atoms with Crippen LogP contribution in [0.4, 0.5) is 0 Å². The highest BCUT2D eigenvalue weighted by Gasteiger charge is 2.23. The third-order valence-electron chi connectivity index (χ3n) is 1.57. The summed E-state index contributed by atoms with van der Waals surface area (Å²) in [6.45, 7) is 0. The van der Waals surface area contributed by atoms with Gasteiger partial charge in [0.15, 0.2) is 0 Å². The molecule has 0 N–H and O–H groups in total. The first kappa shape index (κ1) is 6.71. The monoisotopic (exact) mass is 145 g/mol. The summed E-state index contributed by atoms with van der Waals surface area (Å²) in [7, 11) is 5.53. The Labute approximate surface area is 67.0 Å². The van der Waals surface area contributed by atoms with E-state index in [0.29, 0.717) is 17.4 Å². The van der Waals surface area contributed by atoms with Crippen LogP contribution in [0.25, 0.3) is 0 Å². The lowest BCUT2D eigenvalue weighted by atomic mass is 9.98. The molecule has 11 heavy (non-hydrogen) atoms. The van der Waals surface area contributed by atoms with Crippen LogP contribution in [0.1, 0.15) is 12.8 Å². The average molecular weight is 145 g/mol. The minimum absolute atomic E-state index is 0.393. The van der Waals surface area contributed by atoms with E-state index in [4.69, 9.17) is 12.6 Å². The van der Waals surface area contributed by atoms with Crippen molar-refractivity contribution in [1.82, 2.24) is 4.98 Å². The quantitative estimate of drug-likeness (QED) is 0.562. The molecule has 0 spiro atoms. The van der Waals surface area contributed by atoms with Crippen molar-refractivity contribution in [3.05, 3.63) is 18.3 Å². The highest BCUT2D eigenvalue weighted by Crippen LogP contribution is 2.24. The Hall–Kier alpha value is -0.985. The van der Waals surface area contributed by atoms with E-state index in [2.05, 4.69) is 4.98 Å². The molecule has 54 valence electrons. The predicted octanol–water partition coefficient (Wildman–Crippen LogP) is 0.417. The van der Waals surface area contributed by atoms with Crippen molar-refractivity contribution in [1.29, 1.82) is 0 Å². The van der Waals surface area contributed by atoms with Crippen LogP contribution in [0, 0.1) is 0 Å². The third kappa shape index (κ3) is 1.73. The summed E-state index contributed by atoms with van der Waals surface area (Å²) >= 11 is 0. The molecule has 2 rings (SSSR count). The van der Waals surface area contributed by atoms with Crippen molar-refractivity contribution in [2.24, 2.45) is 0 Å². The normalized spacial score (nSPS) is 16.4. The molecule has 1 aromatic rings. The van der Waals surface area contributed by atoms with Gasteiger partial charge in [-0.25, -0.2) is 4.98 Å². The van der Waals surface area contributed by atoms with Crippen LogP contribution in [-0.2, 0) is 0 Å². The fourth-order valence-corrected chi connectivity index (χ4v) is 0.846. The zero-order chi connectivity index (χ0) is 7.68. The maximum Gasteiger partial charge on any atom is 0.212 e. The van der Waals surface area contributed by atoms with E-state index in [1.54, 1.807) is 18.3 Å². The maximum absolute atomic E-state index is 5.53. The second kappa shape index (κ2) is 2.57. The van der Waals surface area contributed by atoms with Crippen LogP contribution >= 0.6 is 0 Å². The fraction of sp³-hybridized carbons (Fsp3) is 0.375. The van der Waals surface area contributed by atoms with Crippen LogP contribution in [0.2, 0.25) is 0 Å². The molecular weight excluding hydrogens is 137 g/mol. The summed E-state index contributed by atoms with van der Waals surface area (Å²) in [6, 6.07) is 3.50. The molecule has 0 saturated heterocycles. The molecule has 1 aliphatic rings. The van der Waals surface area contributed by atoms with Gasteiger partial charge in [-0.15, -0.1) is 0 Å². The van der Waals surface area contributed by atoms with E-state index in [1.165, 1.54) is 0 Å². The highest BCUT2D eigenvalue weighted by molar-refractivity contribution is 6.32. The molecular formula is C8H8BNO. The standard InChI is InChI=1S/C8H8BNO/c9-6-3-4-10-8(5-6)11-7-1-2-7/h3-5,7H,1-2H2. The summed E-state index contributed by atoms with van der Waals surface area (Å²) < 4.78 is 5.42. The van der Waals surface area contributed by atoms with Gasteiger partial charge in [-0.1, -0.05) is 11.5 Å². The highest BCUT2D eigenvalue weighted by atomic mass is 16.5. The van der Waals surface area contributed by atoms with Crippen molar-refractivity contribution in [3.63, 3.8) is 0 Å². The molecule has 0 unspecified atom stereocenters. The van der Waals surface area contributed by atoms with Crippen LogP contribution in [0.15, 0.2) is 18.3 Å². The third-order valence-corrected chi connectivity index (χ3v) is 1.57. The first-order valence-corrected chi connectivity index (χ1v) is 3.73. The molecule has 1 saturated carbocycles. The second-order valence-electron chi connectivity index (χ2n) is 2.74. The van der Waals surface area contributed by atoms with E-state index in [0.717, 1.165) is 12.8 Å². The Balaban J connectivity index is 2.10. The number of rotatable bonds is 2. The fourth-order valence-electron chi connectivity index (χ4n) is 0.846. The summed E-state index contributed by atoms with van der Waals surface area (Å²) in [5.41, 5.74) is 0.704. The average Bonchev–Trinajstić information content (AvgIpc) is 2.71. The molecule has 1 heterocycles. The Morgan fingerprint density at radius 3 is 3.00 bits per heavy atom. The molecule has 0 aromatic carbocycles. The largest absolute Gasteiger partial charge is 0.474 e. The Morgan fingerprint density at radius 1 is 1.55 bits per heavy atom. The SMILES string of the molecule is [B]c1ccnc(OC2CC2)c1. The smallest absolute Gasteiger partial charge is 0.212 e. The maximum atomic E-state index is 5.53. The van der Waals surface area contributed by atoms with E-state index >= 15 is 0 Å². The topological polar surface area (TPSA) is 22.1 Å². The molecule has 1 fully saturated rings. The molecule has 3 heteroatoms. The number of pyridine rings is 1.